The van der Waals surface area contributed by atoms with E-state index in [0.717, 1.165) is 6.54 Å². The smallest absolute Gasteiger partial charge is 0.0153 e. The molecule has 0 saturated carbocycles. The number of hydrogen-bond acceptors (Lipinski definition) is 2. The van der Waals surface area contributed by atoms with Crippen LogP contribution >= 0.6 is 0 Å². The highest BCUT2D eigenvalue weighted by atomic mass is 15.2. The maximum Gasteiger partial charge on any atom is 0.0153 e. The maximum atomic E-state index is 5.74. The third-order valence-corrected chi connectivity index (χ3v) is 3.68. The van der Waals surface area contributed by atoms with Gasteiger partial charge in [0.2, 0.25) is 0 Å². The van der Waals surface area contributed by atoms with Crippen LogP contribution in [-0.2, 0) is 0 Å². The van der Waals surface area contributed by atoms with Crippen molar-refractivity contribution in [1.82, 2.24) is 4.90 Å². The molecule has 0 unspecified atom stereocenters. The Labute approximate surface area is 88.8 Å². The Morgan fingerprint density at radius 3 is 2.43 bits per heavy atom. The van der Waals surface area contributed by atoms with E-state index in [1.54, 1.807) is 0 Å². The van der Waals surface area contributed by atoms with E-state index >= 15 is 0 Å². The standard InChI is InChI=1S/C12H26N2/c1-11(2,10-13)7-9-14-8-5-6-12(14,3)4/h5-10,13H2,1-4H3. The average Bonchev–Trinajstić information content (AvgIpc) is 2.42. The Morgan fingerprint density at radius 2 is 2.00 bits per heavy atom. The Hall–Kier alpha value is -0.0800. The first-order valence-electron chi connectivity index (χ1n) is 5.82. The van der Waals surface area contributed by atoms with Crippen molar-refractivity contribution in [3.63, 3.8) is 0 Å². The fourth-order valence-electron chi connectivity index (χ4n) is 2.12. The zero-order valence-electron chi connectivity index (χ0n) is 10.3. The van der Waals surface area contributed by atoms with Crippen molar-refractivity contribution in [1.29, 1.82) is 0 Å². The van der Waals surface area contributed by atoms with Crippen molar-refractivity contribution >= 4 is 0 Å². The fraction of sp³-hybridized carbons (Fsp3) is 1.00. The summed E-state index contributed by atoms with van der Waals surface area (Å²) >= 11 is 0. The van der Waals surface area contributed by atoms with Gasteiger partial charge in [-0.1, -0.05) is 13.8 Å². The van der Waals surface area contributed by atoms with Crippen molar-refractivity contribution in [2.24, 2.45) is 11.1 Å². The first kappa shape index (κ1) is 12.0. The largest absolute Gasteiger partial charge is 0.330 e. The first-order valence-corrected chi connectivity index (χ1v) is 5.82. The van der Waals surface area contributed by atoms with E-state index in [9.17, 15) is 0 Å². The van der Waals surface area contributed by atoms with E-state index in [1.807, 2.05) is 0 Å². The van der Waals surface area contributed by atoms with Crippen LogP contribution in [0, 0.1) is 5.41 Å². The molecule has 0 amide bonds. The zero-order chi connectivity index (χ0) is 10.8. The minimum Gasteiger partial charge on any atom is -0.330 e. The van der Waals surface area contributed by atoms with Gasteiger partial charge in [-0.05, 0) is 58.2 Å². The Balaban J connectivity index is 2.38. The molecule has 0 aromatic heterocycles. The van der Waals surface area contributed by atoms with Crippen LogP contribution in [0.25, 0.3) is 0 Å². The van der Waals surface area contributed by atoms with Crippen LogP contribution in [-0.4, -0.2) is 30.1 Å². The Morgan fingerprint density at radius 1 is 1.36 bits per heavy atom. The first-order chi connectivity index (χ1) is 6.37. The summed E-state index contributed by atoms with van der Waals surface area (Å²) in [6.45, 7) is 12.5. The molecule has 2 nitrogen and oxygen atoms in total. The van der Waals surface area contributed by atoms with E-state index < -0.39 is 0 Å². The van der Waals surface area contributed by atoms with Crippen LogP contribution in [0.2, 0.25) is 0 Å². The second kappa shape index (κ2) is 4.19. The maximum absolute atomic E-state index is 5.74. The van der Waals surface area contributed by atoms with Crippen molar-refractivity contribution in [2.75, 3.05) is 19.6 Å². The molecule has 2 N–H and O–H groups in total. The number of nitrogens with zero attached hydrogens (tertiary/aromatic N) is 1. The van der Waals surface area contributed by atoms with Crippen LogP contribution in [0.3, 0.4) is 0 Å². The summed E-state index contributed by atoms with van der Waals surface area (Å²) in [7, 11) is 0. The highest BCUT2D eigenvalue weighted by Gasteiger charge is 2.32. The van der Waals surface area contributed by atoms with Gasteiger partial charge in [-0.2, -0.15) is 0 Å². The lowest BCUT2D eigenvalue weighted by atomic mass is 9.89. The van der Waals surface area contributed by atoms with Crippen molar-refractivity contribution in [3.05, 3.63) is 0 Å². The van der Waals surface area contributed by atoms with Crippen LogP contribution in [0.4, 0.5) is 0 Å². The third kappa shape index (κ3) is 2.96. The summed E-state index contributed by atoms with van der Waals surface area (Å²) < 4.78 is 0. The van der Waals surface area contributed by atoms with E-state index in [1.165, 1.54) is 32.4 Å². The molecule has 0 atom stereocenters. The molecular formula is C12H26N2. The second-order valence-electron chi connectivity index (χ2n) is 6.02. The van der Waals surface area contributed by atoms with Gasteiger partial charge in [0.15, 0.2) is 0 Å². The summed E-state index contributed by atoms with van der Waals surface area (Å²) in [6, 6.07) is 0. The van der Waals surface area contributed by atoms with E-state index in [-0.39, 0.29) is 0 Å². The monoisotopic (exact) mass is 198 g/mol. The molecule has 14 heavy (non-hydrogen) atoms. The lowest BCUT2D eigenvalue weighted by Crippen LogP contribution is -2.40. The molecule has 2 heteroatoms. The minimum atomic E-state index is 0.304. The van der Waals surface area contributed by atoms with E-state index in [0.29, 0.717) is 11.0 Å². The van der Waals surface area contributed by atoms with Gasteiger partial charge in [-0.3, -0.25) is 4.90 Å². The van der Waals surface area contributed by atoms with Gasteiger partial charge in [0.1, 0.15) is 0 Å². The number of likely N-dealkylation sites (tertiary alicyclic amines) is 1. The van der Waals surface area contributed by atoms with Crippen LogP contribution in [0.15, 0.2) is 0 Å². The van der Waals surface area contributed by atoms with E-state index in [4.69, 9.17) is 5.73 Å². The molecule has 1 rings (SSSR count). The van der Waals surface area contributed by atoms with Gasteiger partial charge < -0.3 is 5.73 Å². The summed E-state index contributed by atoms with van der Waals surface area (Å²) in [5.74, 6) is 0. The van der Waals surface area contributed by atoms with Gasteiger partial charge in [0.25, 0.3) is 0 Å². The average molecular weight is 198 g/mol. The summed E-state index contributed by atoms with van der Waals surface area (Å²) in [4.78, 5) is 2.62. The lowest BCUT2D eigenvalue weighted by molar-refractivity contribution is 0.149. The van der Waals surface area contributed by atoms with Crippen LogP contribution in [0.5, 0.6) is 0 Å². The molecule has 0 bridgehead atoms. The molecular weight excluding hydrogens is 172 g/mol. The highest BCUT2D eigenvalue weighted by Crippen LogP contribution is 2.30. The minimum absolute atomic E-state index is 0.304. The Kier molecular flexibility index (Phi) is 3.59. The molecule has 1 aliphatic heterocycles. The predicted octanol–water partition coefficient (Wildman–Crippen LogP) is 2.24. The topological polar surface area (TPSA) is 29.3 Å². The quantitative estimate of drug-likeness (QED) is 0.750. The van der Waals surface area contributed by atoms with Gasteiger partial charge in [0.05, 0.1) is 0 Å². The predicted molar refractivity (Wildman–Crippen MR) is 62.3 cm³/mol. The molecule has 0 radical (unpaired) electrons. The van der Waals surface area contributed by atoms with E-state index in [2.05, 4.69) is 32.6 Å². The SMILES string of the molecule is CC(C)(CN)CCN1CCCC1(C)C. The molecule has 0 aliphatic carbocycles. The van der Waals surface area contributed by atoms with Crippen molar-refractivity contribution in [2.45, 2.75) is 52.5 Å². The van der Waals surface area contributed by atoms with Crippen LogP contribution in [0.1, 0.15) is 47.0 Å². The summed E-state index contributed by atoms with van der Waals surface area (Å²) in [5, 5.41) is 0. The number of rotatable bonds is 4. The normalized spacial score (nSPS) is 22.9. The Bertz CT molecular complexity index is 185. The fourth-order valence-corrected chi connectivity index (χ4v) is 2.12. The molecule has 84 valence electrons. The molecule has 1 heterocycles. The zero-order valence-corrected chi connectivity index (χ0v) is 10.3. The van der Waals surface area contributed by atoms with Crippen LogP contribution < -0.4 is 5.73 Å². The van der Waals surface area contributed by atoms with Crippen molar-refractivity contribution in [3.8, 4) is 0 Å². The van der Waals surface area contributed by atoms with Gasteiger partial charge >= 0.3 is 0 Å². The second-order valence-corrected chi connectivity index (χ2v) is 6.02. The summed E-state index contributed by atoms with van der Waals surface area (Å²) in [6.07, 6.45) is 3.92. The molecule has 1 aliphatic rings. The number of nitrogens with two attached hydrogens (primary N) is 1. The summed E-state index contributed by atoms with van der Waals surface area (Å²) in [5.41, 5.74) is 6.47. The van der Waals surface area contributed by atoms with Gasteiger partial charge in [-0.25, -0.2) is 0 Å². The third-order valence-electron chi connectivity index (χ3n) is 3.68. The molecule has 0 aromatic carbocycles. The molecule has 0 aromatic rings. The molecule has 1 saturated heterocycles. The van der Waals surface area contributed by atoms with Crippen molar-refractivity contribution < 1.29 is 0 Å². The molecule has 0 spiro atoms. The van der Waals surface area contributed by atoms with Gasteiger partial charge in [0, 0.05) is 5.54 Å². The lowest BCUT2D eigenvalue weighted by Gasteiger charge is -2.34. The molecule has 1 fully saturated rings. The highest BCUT2D eigenvalue weighted by molar-refractivity contribution is 4.88. The van der Waals surface area contributed by atoms with Gasteiger partial charge in [-0.15, -0.1) is 0 Å². The number of hydrogen-bond donors (Lipinski definition) is 1.